The van der Waals surface area contributed by atoms with E-state index in [4.69, 9.17) is 0 Å². The molecule has 2 aromatic rings. The first kappa shape index (κ1) is 19.5. The third-order valence-corrected chi connectivity index (χ3v) is 8.75. The highest BCUT2D eigenvalue weighted by Gasteiger charge is 2.29. The minimum absolute atomic E-state index is 0.201. The zero-order valence-corrected chi connectivity index (χ0v) is 17.3. The van der Waals surface area contributed by atoms with Crippen LogP contribution < -0.4 is 5.32 Å². The molecule has 0 saturated heterocycles. The Morgan fingerprint density at radius 3 is 2.77 bits per heavy atom. The van der Waals surface area contributed by atoms with Crippen molar-refractivity contribution in [3.63, 3.8) is 0 Å². The van der Waals surface area contributed by atoms with Crippen LogP contribution in [0.25, 0.3) is 9.88 Å². The van der Waals surface area contributed by atoms with E-state index in [-0.39, 0.29) is 5.75 Å². The van der Waals surface area contributed by atoms with Gasteiger partial charge in [-0.2, -0.15) is 0 Å². The van der Waals surface area contributed by atoms with E-state index < -0.39 is 21.0 Å². The first-order valence-electron chi connectivity index (χ1n) is 8.93. The van der Waals surface area contributed by atoms with Crippen molar-refractivity contribution in [2.45, 2.75) is 50.0 Å². The molecule has 8 heteroatoms. The van der Waals surface area contributed by atoms with Gasteiger partial charge < -0.3 is 5.32 Å². The quantitative estimate of drug-likeness (QED) is 0.749. The smallest absolute Gasteiger partial charge is 0.238 e. The SMILES string of the molecule is C[C@@H](C(=O)NCC1CCCCC1)S(=O)(=O)Cc1csc(-c2cccs2)n1. The number of hydrogen-bond acceptors (Lipinski definition) is 6. The highest BCUT2D eigenvalue weighted by atomic mass is 32.2. The van der Waals surface area contributed by atoms with Gasteiger partial charge in [-0.15, -0.1) is 22.7 Å². The molecule has 0 aromatic carbocycles. The number of nitrogens with zero attached hydrogens (tertiary/aromatic N) is 1. The fraction of sp³-hybridized carbons (Fsp3) is 0.556. The number of thiophene rings is 1. The molecule has 1 atom stereocenters. The van der Waals surface area contributed by atoms with Crippen LogP contribution in [0.4, 0.5) is 0 Å². The lowest BCUT2D eigenvalue weighted by Gasteiger charge is -2.22. The van der Waals surface area contributed by atoms with E-state index in [2.05, 4.69) is 10.3 Å². The summed E-state index contributed by atoms with van der Waals surface area (Å²) < 4.78 is 25.2. The zero-order chi connectivity index (χ0) is 18.6. The normalized spacial score (nSPS) is 17.1. The molecule has 0 radical (unpaired) electrons. The Bertz CT molecular complexity index is 822. The van der Waals surface area contributed by atoms with Crippen LogP contribution in [-0.4, -0.2) is 31.1 Å². The molecule has 0 bridgehead atoms. The van der Waals surface area contributed by atoms with Gasteiger partial charge in [-0.3, -0.25) is 4.79 Å². The molecule has 0 spiro atoms. The average Bonchev–Trinajstić information content (AvgIpc) is 3.31. The van der Waals surface area contributed by atoms with Crippen molar-refractivity contribution in [3.8, 4) is 9.88 Å². The largest absolute Gasteiger partial charge is 0.355 e. The zero-order valence-electron chi connectivity index (χ0n) is 14.8. The monoisotopic (exact) mass is 412 g/mol. The standard InChI is InChI=1S/C18H24N2O3S3/c1-13(17(21)19-10-14-6-3-2-4-7-14)26(22,23)12-15-11-25-18(20-15)16-8-5-9-24-16/h5,8-9,11,13-14H,2-4,6-7,10,12H2,1H3,(H,19,21)/t13-/m0/s1. The molecule has 3 rings (SSSR count). The molecular weight excluding hydrogens is 388 g/mol. The Labute approximate surface area is 162 Å². The maximum absolute atomic E-state index is 12.6. The molecule has 1 N–H and O–H groups in total. The Kier molecular flexibility index (Phi) is 6.47. The number of amides is 1. The maximum atomic E-state index is 12.6. The topological polar surface area (TPSA) is 76.1 Å². The average molecular weight is 413 g/mol. The van der Waals surface area contributed by atoms with Gasteiger partial charge in [0.1, 0.15) is 10.3 Å². The lowest BCUT2D eigenvalue weighted by Crippen LogP contribution is -2.40. The molecule has 1 amide bonds. The van der Waals surface area contributed by atoms with E-state index in [1.165, 1.54) is 37.5 Å². The maximum Gasteiger partial charge on any atom is 0.238 e. The molecule has 2 heterocycles. The van der Waals surface area contributed by atoms with Crippen LogP contribution in [0.5, 0.6) is 0 Å². The summed E-state index contributed by atoms with van der Waals surface area (Å²) in [6.07, 6.45) is 5.89. The van der Waals surface area contributed by atoms with E-state index in [1.54, 1.807) is 16.7 Å². The Hall–Kier alpha value is -1.25. The predicted octanol–water partition coefficient (Wildman–Crippen LogP) is 3.87. The van der Waals surface area contributed by atoms with Gasteiger partial charge in [0, 0.05) is 11.9 Å². The summed E-state index contributed by atoms with van der Waals surface area (Å²) in [7, 11) is -3.59. The lowest BCUT2D eigenvalue weighted by atomic mass is 9.89. The molecule has 1 aliphatic carbocycles. The van der Waals surface area contributed by atoms with E-state index in [9.17, 15) is 13.2 Å². The van der Waals surface area contributed by atoms with Gasteiger partial charge in [-0.05, 0) is 37.1 Å². The van der Waals surface area contributed by atoms with Crippen LogP contribution in [0.15, 0.2) is 22.9 Å². The van der Waals surface area contributed by atoms with Gasteiger partial charge in [0.25, 0.3) is 0 Å². The summed E-state index contributed by atoms with van der Waals surface area (Å²) in [6, 6.07) is 3.90. The van der Waals surface area contributed by atoms with Crippen LogP contribution in [0.2, 0.25) is 0 Å². The molecule has 1 saturated carbocycles. The second kappa shape index (κ2) is 8.63. The molecular formula is C18H24N2O3S3. The lowest BCUT2D eigenvalue weighted by molar-refractivity contribution is -0.120. The number of hydrogen-bond donors (Lipinski definition) is 1. The van der Waals surface area contributed by atoms with E-state index in [0.717, 1.165) is 22.7 Å². The van der Waals surface area contributed by atoms with Crippen LogP contribution in [0.3, 0.4) is 0 Å². The molecule has 5 nitrogen and oxygen atoms in total. The van der Waals surface area contributed by atoms with Crippen LogP contribution >= 0.6 is 22.7 Å². The minimum Gasteiger partial charge on any atom is -0.355 e. The first-order chi connectivity index (χ1) is 12.5. The second-order valence-electron chi connectivity index (χ2n) is 6.82. The van der Waals surface area contributed by atoms with Crippen molar-refractivity contribution in [3.05, 3.63) is 28.6 Å². The number of thiazole rings is 1. The van der Waals surface area contributed by atoms with Gasteiger partial charge in [0.2, 0.25) is 5.91 Å². The van der Waals surface area contributed by atoms with Crippen LogP contribution in [0, 0.1) is 5.92 Å². The second-order valence-corrected chi connectivity index (χ2v) is 10.9. The van der Waals surface area contributed by atoms with Crippen molar-refractivity contribution in [1.29, 1.82) is 0 Å². The highest BCUT2D eigenvalue weighted by Crippen LogP contribution is 2.28. The fourth-order valence-corrected chi connectivity index (χ4v) is 6.12. The van der Waals surface area contributed by atoms with Crippen LogP contribution in [0.1, 0.15) is 44.7 Å². The summed E-state index contributed by atoms with van der Waals surface area (Å²) >= 11 is 3.00. The summed E-state index contributed by atoms with van der Waals surface area (Å²) in [6.45, 7) is 2.05. The van der Waals surface area contributed by atoms with Crippen molar-refractivity contribution in [2.75, 3.05) is 6.54 Å². The van der Waals surface area contributed by atoms with Crippen LogP contribution in [-0.2, 0) is 20.4 Å². The molecule has 142 valence electrons. The van der Waals surface area contributed by atoms with Gasteiger partial charge >= 0.3 is 0 Å². The summed E-state index contributed by atoms with van der Waals surface area (Å²) in [5.41, 5.74) is 0.505. The van der Waals surface area contributed by atoms with Gasteiger partial charge in [0.15, 0.2) is 9.84 Å². The number of aromatic nitrogens is 1. The highest BCUT2D eigenvalue weighted by molar-refractivity contribution is 7.92. The Morgan fingerprint density at radius 1 is 1.31 bits per heavy atom. The number of nitrogens with one attached hydrogen (secondary N) is 1. The molecule has 1 fully saturated rings. The van der Waals surface area contributed by atoms with Crippen molar-refractivity contribution in [1.82, 2.24) is 10.3 Å². The number of rotatable bonds is 7. The van der Waals surface area contributed by atoms with Gasteiger partial charge in [-0.1, -0.05) is 25.3 Å². The third kappa shape index (κ3) is 4.92. The summed E-state index contributed by atoms with van der Waals surface area (Å²) in [5, 5.41) is 6.33. The summed E-state index contributed by atoms with van der Waals surface area (Å²) in [4.78, 5) is 17.8. The van der Waals surface area contributed by atoms with Gasteiger partial charge in [0.05, 0.1) is 16.3 Å². The van der Waals surface area contributed by atoms with E-state index >= 15 is 0 Å². The molecule has 1 aliphatic rings. The minimum atomic E-state index is -3.59. The molecule has 0 unspecified atom stereocenters. The predicted molar refractivity (Wildman–Crippen MR) is 107 cm³/mol. The van der Waals surface area contributed by atoms with Crippen molar-refractivity contribution in [2.24, 2.45) is 5.92 Å². The molecule has 0 aliphatic heterocycles. The summed E-state index contributed by atoms with van der Waals surface area (Å²) in [5.74, 6) is -0.119. The number of carbonyl (C=O) groups excluding carboxylic acids is 1. The third-order valence-electron chi connectivity index (χ3n) is 4.83. The first-order valence-corrected chi connectivity index (χ1v) is 12.4. The number of carbonyl (C=O) groups is 1. The molecule has 26 heavy (non-hydrogen) atoms. The van der Waals surface area contributed by atoms with Crippen molar-refractivity contribution >= 4 is 38.4 Å². The Morgan fingerprint density at radius 2 is 2.08 bits per heavy atom. The Balaban J connectivity index is 1.57. The molecule has 2 aromatic heterocycles. The number of sulfone groups is 1. The van der Waals surface area contributed by atoms with E-state index in [1.807, 2.05) is 17.5 Å². The van der Waals surface area contributed by atoms with Crippen molar-refractivity contribution < 1.29 is 13.2 Å². The van der Waals surface area contributed by atoms with E-state index in [0.29, 0.717) is 18.2 Å². The van der Waals surface area contributed by atoms with Gasteiger partial charge in [-0.25, -0.2) is 13.4 Å². The fourth-order valence-electron chi connectivity index (χ4n) is 3.16.